The van der Waals surface area contributed by atoms with E-state index < -0.39 is 27.6 Å². The number of amides is 1. The number of benzene rings is 2. The molecule has 2 aromatic carbocycles. The Hall–Kier alpha value is -2.68. The average Bonchev–Trinajstić information content (AvgIpc) is 2.70. The molecule has 0 radical (unpaired) electrons. The van der Waals surface area contributed by atoms with E-state index in [0.29, 0.717) is 22.5 Å². The second-order valence-electron chi connectivity index (χ2n) is 6.75. The number of anilines is 1. The summed E-state index contributed by atoms with van der Waals surface area (Å²) in [5.41, 5.74) is 0.251. The summed E-state index contributed by atoms with van der Waals surface area (Å²) in [7, 11) is -3.98. The number of carbonyl (C=O) groups excluding carboxylic acids is 1. The molecule has 0 aliphatic rings. The first-order valence-corrected chi connectivity index (χ1v) is 11.2. The smallest absolute Gasteiger partial charge is 0.336 e. The summed E-state index contributed by atoms with van der Waals surface area (Å²) in [4.78, 5) is 24.1. The largest absolute Gasteiger partial charge is 0.423 e. The summed E-state index contributed by atoms with van der Waals surface area (Å²) in [6, 6.07) is 12.6. The molecule has 1 amide bonds. The van der Waals surface area contributed by atoms with E-state index in [2.05, 4.69) is 5.32 Å². The fourth-order valence-corrected chi connectivity index (χ4v) is 4.94. The van der Waals surface area contributed by atoms with Gasteiger partial charge in [-0.05, 0) is 55.8 Å². The van der Waals surface area contributed by atoms with E-state index in [1.807, 2.05) is 6.92 Å². The van der Waals surface area contributed by atoms with Crippen molar-refractivity contribution in [2.24, 2.45) is 0 Å². The lowest BCUT2D eigenvalue weighted by Crippen LogP contribution is -2.45. The fourth-order valence-electron chi connectivity index (χ4n) is 3.03. The molecule has 1 aromatic heterocycles. The summed E-state index contributed by atoms with van der Waals surface area (Å²) < 4.78 is 32.9. The van der Waals surface area contributed by atoms with Crippen molar-refractivity contribution in [2.75, 3.05) is 11.9 Å². The van der Waals surface area contributed by atoms with Gasteiger partial charge in [-0.2, -0.15) is 4.31 Å². The number of rotatable bonds is 7. The Kier molecular flexibility index (Phi) is 6.60. The molecule has 1 N–H and O–H groups in total. The number of fused-ring (bicyclic) bond motifs is 1. The normalized spacial score (nSPS) is 12.8. The maximum absolute atomic E-state index is 13.3. The minimum Gasteiger partial charge on any atom is -0.423 e. The third-order valence-electron chi connectivity index (χ3n) is 4.54. The Bertz CT molecular complexity index is 1240. The number of halogens is 1. The van der Waals surface area contributed by atoms with Crippen LogP contribution in [0.3, 0.4) is 0 Å². The molecule has 0 spiro atoms. The Morgan fingerprint density at radius 3 is 2.63 bits per heavy atom. The maximum atomic E-state index is 13.3. The van der Waals surface area contributed by atoms with Crippen LogP contribution in [0.1, 0.15) is 20.3 Å². The number of sulfonamides is 1. The number of hydrogen-bond donors (Lipinski definition) is 1. The van der Waals surface area contributed by atoms with Crippen LogP contribution in [0.15, 0.2) is 68.7 Å². The molecule has 0 bridgehead atoms. The van der Waals surface area contributed by atoms with Crippen molar-refractivity contribution in [1.29, 1.82) is 0 Å². The Balaban J connectivity index is 1.92. The van der Waals surface area contributed by atoms with Gasteiger partial charge in [0.25, 0.3) is 0 Å². The van der Waals surface area contributed by atoms with Crippen LogP contribution in [0, 0.1) is 0 Å². The lowest BCUT2D eigenvalue weighted by Gasteiger charge is -2.27. The second kappa shape index (κ2) is 8.99. The highest BCUT2D eigenvalue weighted by Gasteiger charge is 2.32. The van der Waals surface area contributed by atoms with Gasteiger partial charge in [-0.1, -0.05) is 24.6 Å². The zero-order valence-electron chi connectivity index (χ0n) is 16.5. The molecule has 0 aliphatic heterocycles. The van der Waals surface area contributed by atoms with Crippen LogP contribution < -0.4 is 10.9 Å². The van der Waals surface area contributed by atoms with Gasteiger partial charge < -0.3 is 9.73 Å². The van der Waals surface area contributed by atoms with E-state index in [-0.39, 0.29) is 17.0 Å². The Morgan fingerprint density at radius 1 is 1.17 bits per heavy atom. The molecule has 3 rings (SSSR count). The van der Waals surface area contributed by atoms with Gasteiger partial charge in [0.2, 0.25) is 15.9 Å². The molecule has 1 unspecified atom stereocenters. The van der Waals surface area contributed by atoms with Gasteiger partial charge in [0.05, 0.1) is 4.90 Å². The van der Waals surface area contributed by atoms with Crippen LogP contribution in [-0.4, -0.2) is 31.2 Å². The van der Waals surface area contributed by atoms with Crippen molar-refractivity contribution in [3.8, 4) is 0 Å². The quantitative estimate of drug-likeness (QED) is 0.553. The first-order valence-electron chi connectivity index (χ1n) is 9.34. The lowest BCUT2D eigenvalue weighted by atomic mass is 10.2. The van der Waals surface area contributed by atoms with Crippen LogP contribution >= 0.6 is 11.6 Å². The number of hydrogen-bond acceptors (Lipinski definition) is 5. The molecule has 0 saturated carbocycles. The van der Waals surface area contributed by atoms with Crippen LogP contribution in [0.2, 0.25) is 5.02 Å². The minimum atomic E-state index is -3.98. The first-order chi connectivity index (χ1) is 14.2. The van der Waals surface area contributed by atoms with Crippen LogP contribution in [0.4, 0.5) is 5.69 Å². The molecule has 158 valence electrons. The Labute approximate surface area is 179 Å². The van der Waals surface area contributed by atoms with Crippen molar-refractivity contribution in [3.63, 3.8) is 0 Å². The molecule has 0 saturated heterocycles. The van der Waals surface area contributed by atoms with Crippen LogP contribution in [-0.2, 0) is 14.8 Å². The fraction of sp³-hybridized carbons (Fsp3) is 0.238. The van der Waals surface area contributed by atoms with Crippen molar-refractivity contribution >= 4 is 44.2 Å². The van der Waals surface area contributed by atoms with Crippen molar-refractivity contribution in [3.05, 3.63) is 70.0 Å². The van der Waals surface area contributed by atoms with Crippen LogP contribution in [0.5, 0.6) is 0 Å². The number of carbonyl (C=O) groups is 1. The molecule has 1 atom stereocenters. The number of nitrogens with one attached hydrogen (secondary N) is 1. The van der Waals surface area contributed by atoms with Gasteiger partial charge in [-0.25, -0.2) is 13.2 Å². The molecule has 1 heterocycles. The maximum Gasteiger partial charge on any atom is 0.336 e. The van der Waals surface area contributed by atoms with Gasteiger partial charge in [0.1, 0.15) is 11.6 Å². The third-order valence-corrected chi connectivity index (χ3v) is 6.75. The average molecular weight is 449 g/mol. The summed E-state index contributed by atoms with van der Waals surface area (Å²) in [5, 5.41) is 3.64. The van der Waals surface area contributed by atoms with E-state index in [9.17, 15) is 18.0 Å². The lowest BCUT2D eigenvalue weighted by molar-refractivity contribution is -0.119. The topological polar surface area (TPSA) is 96.7 Å². The van der Waals surface area contributed by atoms with Gasteiger partial charge in [0.15, 0.2) is 0 Å². The third kappa shape index (κ3) is 4.72. The predicted molar refractivity (Wildman–Crippen MR) is 116 cm³/mol. The molecule has 7 nitrogen and oxygen atoms in total. The molecule has 0 aliphatic carbocycles. The van der Waals surface area contributed by atoms with Crippen molar-refractivity contribution in [2.45, 2.75) is 31.2 Å². The van der Waals surface area contributed by atoms with Gasteiger partial charge in [0, 0.05) is 28.7 Å². The molecule has 3 aromatic rings. The zero-order valence-corrected chi connectivity index (χ0v) is 18.0. The Morgan fingerprint density at radius 2 is 1.93 bits per heavy atom. The monoisotopic (exact) mass is 448 g/mol. The van der Waals surface area contributed by atoms with E-state index in [0.717, 1.165) is 4.31 Å². The summed E-state index contributed by atoms with van der Waals surface area (Å²) in [6.45, 7) is 3.53. The first kappa shape index (κ1) is 22.0. The molecule has 9 heteroatoms. The zero-order chi connectivity index (χ0) is 21.9. The van der Waals surface area contributed by atoms with Crippen molar-refractivity contribution in [1.82, 2.24) is 4.31 Å². The minimum absolute atomic E-state index is 0.0136. The highest BCUT2D eigenvalue weighted by molar-refractivity contribution is 7.89. The van der Waals surface area contributed by atoms with E-state index in [4.69, 9.17) is 16.0 Å². The highest BCUT2D eigenvalue weighted by Crippen LogP contribution is 2.24. The SMILES string of the molecule is CCCN(C(C)C(=O)Nc1cccc(Cl)c1)S(=O)(=O)c1ccc2oc(=O)ccc2c1. The van der Waals surface area contributed by atoms with Gasteiger partial charge >= 0.3 is 5.63 Å². The van der Waals surface area contributed by atoms with Crippen molar-refractivity contribution < 1.29 is 17.6 Å². The highest BCUT2D eigenvalue weighted by atomic mass is 35.5. The summed E-state index contributed by atoms with van der Waals surface area (Å²) in [5.74, 6) is -0.471. The molecular weight excluding hydrogens is 428 g/mol. The molecule has 30 heavy (non-hydrogen) atoms. The van der Waals surface area contributed by atoms with Crippen LogP contribution in [0.25, 0.3) is 11.0 Å². The predicted octanol–water partition coefficient (Wildman–Crippen LogP) is 3.87. The van der Waals surface area contributed by atoms with E-state index in [1.54, 1.807) is 24.3 Å². The molecular formula is C21H21ClN2O5S. The van der Waals surface area contributed by atoms with Gasteiger partial charge in [-0.15, -0.1) is 0 Å². The summed E-state index contributed by atoms with van der Waals surface area (Å²) >= 11 is 5.95. The van der Waals surface area contributed by atoms with E-state index >= 15 is 0 Å². The standard InChI is InChI=1S/C21H21ClN2O5S/c1-3-11-24(14(2)21(26)23-17-6-4-5-16(22)13-17)30(27,28)18-8-9-19-15(12-18)7-10-20(25)29-19/h4-10,12-14H,3,11H2,1-2H3,(H,23,26). The molecule has 0 fully saturated rings. The number of nitrogens with zero attached hydrogens (tertiary/aromatic N) is 1. The van der Waals surface area contributed by atoms with E-state index in [1.165, 1.54) is 37.3 Å². The second-order valence-corrected chi connectivity index (χ2v) is 9.07. The van der Waals surface area contributed by atoms with Gasteiger partial charge in [-0.3, -0.25) is 4.79 Å². The summed E-state index contributed by atoms with van der Waals surface area (Å²) in [6.07, 6.45) is 0.524.